The first-order chi connectivity index (χ1) is 11.2. The van der Waals surface area contributed by atoms with Gasteiger partial charge in [0.2, 0.25) is 0 Å². The minimum Gasteiger partial charge on any atom is -0.505 e. The van der Waals surface area contributed by atoms with E-state index in [0.29, 0.717) is 11.4 Å². The molecule has 0 aliphatic heterocycles. The number of nitrogens with zero attached hydrogens (tertiary/aromatic N) is 3. The predicted molar refractivity (Wildman–Crippen MR) is 87.7 cm³/mol. The Morgan fingerprint density at radius 2 is 2.17 bits per heavy atom. The fraction of sp³-hybridized carbons (Fsp3) is 0.375. The highest BCUT2D eigenvalue weighted by molar-refractivity contribution is 6.00. The SMILES string of the molecule is O=[N+]([O-])c1cc(/C=N/NC2CCCCC2)c(O)c2ncccc12. The number of nitro groups is 1. The van der Waals surface area contributed by atoms with Crippen LogP contribution in [0.1, 0.15) is 37.7 Å². The van der Waals surface area contributed by atoms with Gasteiger partial charge in [-0.1, -0.05) is 19.3 Å². The number of rotatable bonds is 4. The Labute approximate surface area is 133 Å². The third kappa shape index (κ3) is 3.23. The number of hydrazone groups is 1. The number of nitro benzene ring substituents is 1. The Bertz CT molecular complexity index is 754. The Morgan fingerprint density at radius 3 is 2.91 bits per heavy atom. The Hall–Kier alpha value is -2.70. The zero-order valence-electron chi connectivity index (χ0n) is 12.6. The van der Waals surface area contributed by atoms with E-state index in [-0.39, 0.29) is 22.5 Å². The van der Waals surface area contributed by atoms with Crippen molar-refractivity contribution in [3.63, 3.8) is 0 Å². The minimum atomic E-state index is -0.477. The van der Waals surface area contributed by atoms with Crippen LogP contribution in [0.3, 0.4) is 0 Å². The molecule has 0 unspecified atom stereocenters. The third-order valence-electron chi connectivity index (χ3n) is 4.14. The number of hydrogen-bond acceptors (Lipinski definition) is 6. The molecule has 0 spiro atoms. The number of non-ortho nitro benzene ring substituents is 1. The molecule has 23 heavy (non-hydrogen) atoms. The van der Waals surface area contributed by atoms with Gasteiger partial charge in [-0.15, -0.1) is 0 Å². The molecule has 0 amide bonds. The van der Waals surface area contributed by atoms with Crippen LogP contribution in [0, 0.1) is 10.1 Å². The number of hydrogen-bond donors (Lipinski definition) is 2. The van der Waals surface area contributed by atoms with Crippen molar-refractivity contribution >= 4 is 22.8 Å². The highest BCUT2D eigenvalue weighted by Crippen LogP contribution is 2.33. The van der Waals surface area contributed by atoms with E-state index in [2.05, 4.69) is 15.5 Å². The summed E-state index contributed by atoms with van der Waals surface area (Å²) < 4.78 is 0. The summed E-state index contributed by atoms with van der Waals surface area (Å²) in [6.45, 7) is 0. The zero-order valence-corrected chi connectivity index (χ0v) is 12.6. The van der Waals surface area contributed by atoms with E-state index in [1.54, 1.807) is 12.1 Å². The second-order valence-electron chi connectivity index (χ2n) is 5.71. The number of aromatic nitrogens is 1. The van der Waals surface area contributed by atoms with Crippen LogP contribution >= 0.6 is 0 Å². The molecule has 1 aliphatic rings. The largest absolute Gasteiger partial charge is 0.505 e. The summed E-state index contributed by atoms with van der Waals surface area (Å²) in [5, 5.41) is 26.0. The minimum absolute atomic E-state index is 0.0926. The molecular weight excluding hydrogens is 296 g/mol. The highest BCUT2D eigenvalue weighted by atomic mass is 16.6. The van der Waals surface area contributed by atoms with Crippen molar-refractivity contribution < 1.29 is 10.0 Å². The van der Waals surface area contributed by atoms with Crippen molar-refractivity contribution in [3.8, 4) is 5.75 Å². The lowest BCUT2D eigenvalue weighted by Crippen LogP contribution is -2.26. The topological polar surface area (TPSA) is 101 Å². The molecule has 0 atom stereocenters. The fourth-order valence-electron chi connectivity index (χ4n) is 2.92. The molecule has 120 valence electrons. The normalized spacial score (nSPS) is 16.0. The summed E-state index contributed by atoms with van der Waals surface area (Å²) in [5.74, 6) is -0.0969. The summed E-state index contributed by atoms with van der Waals surface area (Å²) in [7, 11) is 0. The molecule has 1 heterocycles. The maximum atomic E-state index is 11.2. The predicted octanol–water partition coefficient (Wildman–Crippen LogP) is 3.10. The van der Waals surface area contributed by atoms with Crippen LogP contribution in [0.2, 0.25) is 0 Å². The smallest absolute Gasteiger partial charge is 0.279 e. The van der Waals surface area contributed by atoms with Gasteiger partial charge in [-0.25, -0.2) is 0 Å². The average molecular weight is 314 g/mol. The first-order valence-electron chi connectivity index (χ1n) is 7.70. The first-order valence-corrected chi connectivity index (χ1v) is 7.70. The first kappa shape index (κ1) is 15.2. The van der Waals surface area contributed by atoms with Crippen LogP contribution < -0.4 is 5.43 Å². The van der Waals surface area contributed by atoms with Crippen molar-refractivity contribution in [1.29, 1.82) is 0 Å². The lowest BCUT2D eigenvalue weighted by molar-refractivity contribution is -0.383. The summed E-state index contributed by atoms with van der Waals surface area (Å²) >= 11 is 0. The summed E-state index contributed by atoms with van der Waals surface area (Å²) in [6.07, 6.45) is 8.68. The third-order valence-corrected chi connectivity index (χ3v) is 4.14. The molecule has 1 saturated carbocycles. The van der Waals surface area contributed by atoms with Gasteiger partial charge in [0.05, 0.1) is 16.5 Å². The van der Waals surface area contributed by atoms with Crippen LogP contribution in [0.15, 0.2) is 29.5 Å². The quantitative estimate of drug-likeness (QED) is 0.513. The van der Waals surface area contributed by atoms with Crippen molar-refractivity contribution in [1.82, 2.24) is 10.4 Å². The lowest BCUT2D eigenvalue weighted by Gasteiger charge is -2.20. The average Bonchev–Trinajstić information content (AvgIpc) is 2.58. The molecule has 7 heteroatoms. The maximum absolute atomic E-state index is 11.2. The lowest BCUT2D eigenvalue weighted by atomic mass is 9.96. The number of phenols is 1. The van der Waals surface area contributed by atoms with E-state index in [1.807, 2.05) is 0 Å². The highest BCUT2D eigenvalue weighted by Gasteiger charge is 2.18. The molecule has 7 nitrogen and oxygen atoms in total. The molecule has 2 N–H and O–H groups in total. The van der Waals surface area contributed by atoms with Gasteiger partial charge in [-0.2, -0.15) is 5.10 Å². The number of phenolic OH excluding ortho intramolecular Hbond substituents is 1. The van der Waals surface area contributed by atoms with E-state index in [9.17, 15) is 15.2 Å². The summed E-state index contributed by atoms with van der Waals surface area (Å²) in [5.41, 5.74) is 3.46. The Morgan fingerprint density at radius 1 is 1.39 bits per heavy atom. The van der Waals surface area contributed by atoms with Gasteiger partial charge in [-0.05, 0) is 25.0 Å². The molecule has 3 rings (SSSR count). The molecule has 0 bridgehead atoms. The van der Waals surface area contributed by atoms with E-state index < -0.39 is 4.92 Å². The molecule has 0 radical (unpaired) electrons. The van der Waals surface area contributed by atoms with Crippen LogP contribution in [0.4, 0.5) is 5.69 Å². The molecule has 1 aromatic heterocycles. The number of fused-ring (bicyclic) bond motifs is 1. The van der Waals surface area contributed by atoms with Gasteiger partial charge in [0, 0.05) is 23.9 Å². The second kappa shape index (κ2) is 6.60. The van der Waals surface area contributed by atoms with Crippen molar-refractivity contribution in [2.75, 3.05) is 0 Å². The molecule has 0 saturated heterocycles. The molecule has 2 aromatic rings. The van der Waals surface area contributed by atoms with Gasteiger partial charge in [0.1, 0.15) is 5.52 Å². The molecular formula is C16H18N4O3. The van der Waals surface area contributed by atoms with Crippen molar-refractivity contribution in [2.45, 2.75) is 38.1 Å². The van der Waals surface area contributed by atoms with Gasteiger partial charge in [0.15, 0.2) is 5.75 Å². The Kier molecular flexibility index (Phi) is 4.36. The van der Waals surface area contributed by atoms with E-state index in [0.717, 1.165) is 12.8 Å². The van der Waals surface area contributed by atoms with E-state index in [4.69, 9.17) is 0 Å². The molecule has 1 aliphatic carbocycles. The standard InChI is InChI=1S/C16H18N4O3/c21-16-11(10-18-19-12-5-2-1-3-6-12)9-14(20(22)23)13-7-4-8-17-15(13)16/h4,7-10,12,19,21H,1-3,5-6H2/b18-10+. The van der Waals surface area contributed by atoms with Gasteiger partial charge >= 0.3 is 0 Å². The maximum Gasteiger partial charge on any atom is 0.279 e. The van der Waals surface area contributed by atoms with Gasteiger partial charge in [0.25, 0.3) is 5.69 Å². The zero-order chi connectivity index (χ0) is 16.2. The van der Waals surface area contributed by atoms with Crippen LogP contribution in [0.25, 0.3) is 10.9 Å². The van der Waals surface area contributed by atoms with Gasteiger partial charge in [-0.3, -0.25) is 15.1 Å². The molecule has 1 fully saturated rings. The monoisotopic (exact) mass is 314 g/mol. The number of aromatic hydroxyl groups is 1. The fourth-order valence-corrected chi connectivity index (χ4v) is 2.92. The van der Waals surface area contributed by atoms with Crippen LogP contribution in [0.5, 0.6) is 5.75 Å². The number of pyridine rings is 1. The van der Waals surface area contributed by atoms with Crippen molar-refractivity contribution in [2.24, 2.45) is 5.10 Å². The number of benzene rings is 1. The Balaban J connectivity index is 1.90. The summed E-state index contributed by atoms with van der Waals surface area (Å²) in [4.78, 5) is 14.8. The van der Waals surface area contributed by atoms with Crippen molar-refractivity contribution in [3.05, 3.63) is 40.1 Å². The van der Waals surface area contributed by atoms with E-state index in [1.165, 1.54) is 37.7 Å². The molecule has 1 aromatic carbocycles. The van der Waals surface area contributed by atoms with E-state index >= 15 is 0 Å². The van der Waals surface area contributed by atoms with Crippen LogP contribution in [-0.2, 0) is 0 Å². The van der Waals surface area contributed by atoms with Gasteiger partial charge < -0.3 is 10.5 Å². The second-order valence-corrected chi connectivity index (χ2v) is 5.71. The summed E-state index contributed by atoms with van der Waals surface area (Å²) in [6, 6.07) is 4.83. The van der Waals surface area contributed by atoms with Crippen LogP contribution in [-0.4, -0.2) is 27.3 Å². The number of nitrogens with one attached hydrogen (secondary N) is 1.